The summed E-state index contributed by atoms with van der Waals surface area (Å²) >= 11 is 12.0. The third-order valence-corrected chi connectivity index (χ3v) is 5.04. The molecule has 3 amide bonds. The Morgan fingerprint density at radius 2 is 1.56 bits per heavy atom. The average molecular weight is 403 g/mol. The standard InChI is InChI=1S/C20H16Cl2N2O3/c1-11-12(2)20(27)24(19(11)26)16-7-4-13(5-8-16)18(25)23-10-14-3-6-15(21)9-17(14)22/h3-9H,10H2,1-2H3,(H,23,25). The molecule has 0 atom stereocenters. The molecule has 3 rings (SSSR count). The molecule has 2 aromatic rings. The van der Waals surface area contributed by atoms with Gasteiger partial charge in [0, 0.05) is 33.3 Å². The van der Waals surface area contributed by atoms with Crippen LogP contribution in [-0.4, -0.2) is 17.7 Å². The minimum atomic E-state index is -0.341. The van der Waals surface area contributed by atoms with Crippen molar-refractivity contribution < 1.29 is 14.4 Å². The molecular formula is C20H16Cl2N2O3. The maximum absolute atomic E-state index is 12.3. The molecule has 0 radical (unpaired) electrons. The summed E-state index contributed by atoms with van der Waals surface area (Å²) in [5, 5.41) is 3.77. The molecule has 0 saturated carbocycles. The fraction of sp³-hybridized carbons (Fsp3) is 0.150. The first kappa shape index (κ1) is 19.1. The summed E-state index contributed by atoms with van der Waals surface area (Å²) in [6.45, 7) is 3.50. The van der Waals surface area contributed by atoms with Gasteiger partial charge in [-0.15, -0.1) is 0 Å². The van der Waals surface area contributed by atoms with Crippen LogP contribution in [0.4, 0.5) is 5.69 Å². The Hall–Kier alpha value is -2.63. The number of carbonyl (C=O) groups is 3. The summed E-state index contributed by atoms with van der Waals surface area (Å²) in [7, 11) is 0. The summed E-state index contributed by atoms with van der Waals surface area (Å²) in [4.78, 5) is 37.8. The van der Waals surface area contributed by atoms with Gasteiger partial charge in [-0.2, -0.15) is 0 Å². The van der Waals surface area contributed by atoms with Crippen molar-refractivity contribution in [2.24, 2.45) is 0 Å². The van der Waals surface area contributed by atoms with Crippen LogP contribution >= 0.6 is 23.2 Å². The van der Waals surface area contributed by atoms with Gasteiger partial charge in [-0.1, -0.05) is 29.3 Å². The molecule has 1 heterocycles. The van der Waals surface area contributed by atoms with E-state index in [1.165, 1.54) is 0 Å². The lowest BCUT2D eigenvalue weighted by Gasteiger charge is -2.15. The molecule has 0 bridgehead atoms. The molecule has 2 aromatic carbocycles. The van der Waals surface area contributed by atoms with E-state index in [9.17, 15) is 14.4 Å². The number of carbonyl (C=O) groups excluding carboxylic acids is 3. The van der Waals surface area contributed by atoms with Gasteiger partial charge in [-0.25, -0.2) is 4.90 Å². The molecule has 1 aliphatic rings. The minimum absolute atomic E-state index is 0.252. The van der Waals surface area contributed by atoms with Crippen LogP contribution in [0.3, 0.4) is 0 Å². The third-order valence-electron chi connectivity index (χ3n) is 4.45. The van der Waals surface area contributed by atoms with Crippen LogP contribution < -0.4 is 10.2 Å². The molecule has 0 saturated heterocycles. The highest BCUT2D eigenvalue weighted by Gasteiger charge is 2.34. The van der Waals surface area contributed by atoms with Crippen molar-refractivity contribution in [3.05, 3.63) is 74.8 Å². The van der Waals surface area contributed by atoms with Crippen molar-refractivity contribution in [3.8, 4) is 0 Å². The number of amides is 3. The van der Waals surface area contributed by atoms with E-state index in [1.54, 1.807) is 56.3 Å². The molecule has 0 fully saturated rings. The van der Waals surface area contributed by atoms with Gasteiger partial charge in [0.05, 0.1) is 5.69 Å². The van der Waals surface area contributed by atoms with Crippen LogP contribution in [0, 0.1) is 0 Å². The van der Waals surface area contributed by atoms with Crippen LogP contribution in [0.1, 0.15) is 29.8 Å². The number of nitrogens with zero attached hydrogens (tertiary/aromatic N) is 1. The molecule has 0 spiro atoms. The van der Waals surface area contributed by atoms with Crippen LogP contribution in [0.5, 0.6) is 0 Å². The van der Waals surface area contributed by atoms with E-state index in [1.807, 2.05) is 0 Å². The number of imide groups is 1. The molecule has 27 heavy (non-hydrogen) atoms. The van der Waals surface area contributed by atoms with Gasteiger partial charge in [-0.3, -0.25) is 14.4 Å². The van der Waals surface area contributed by atoms with E-state index in [4.69, 9.17) is 23.2 Å². The molecule has 1 N–H and O–H groups in total. The lowest BCUT2D eigenvalue weighted by Crippen LogP contribution is -2.31. The fourth-order valence-electron chi connectivity index (χ4n) is 2.69. The van der Waals surface area contributed by atoms with Crippen molar-refractivity contribution in [3.63, 3.8) is 0 Å². The van der Waals surface area contributed by atoms with Gasteiger partial charge in [0.15, 0.2) is 0 Å². The lowest BCUT2D eigenvalue weighted by molar-refractivity contribution is -0.120. The van der Waals surface area contributed by atoms with E-state index in [0.717, 1.165) is 10.5 Å². The van der Waals surface area contributed by atoms with Crippen molar-refractivity contribution in [1.29, 1.82) is 0 Å². The zero-order valence-corrected chi connectivity index (χ0v) is 16.2. The Morgan fingerprint density at radius 3 is 2.11 bits per heavy atom. The lowest BCUT2D eigenvalue weighted by atomic mass is 10.1. The van der Waals surface area contributed by atoms with Gasteiger partial charge in [0.25, 0.3) is 17.7 Å². The fourth-order valence-corrected chi connectivity index (χ4v) is 3.16. The zero-order chi connectivity index (χ0) is 19.7. The van der Waals surface area contributed by atoms with Gasteiger partial charge in [-0.05, 0) is 55.8 Å². The Bertz CT molecular complexity index is 957. The first-order valence-electron chi connectivity index (χ1n) is 8.18. The predicted octanol–water partition coefficient (Wildman–Crippen LogP) is 4.13. The van der Waals surface area contributed by atoms with Crippen molar-refractivity contribution >= 4 is 46.6 Å². The number of benzene rings is 2. The van der Waals surface area contributed by atoms with E-state index >= 15 is 0 Å². The summed E-state index contributed by atoms with van der Waals surface area (Å²) in [5.74, 6) is -0.976. The molecule has 1 aliphatic heterocycles. The summed E-state index contributed by atoms with van der Waals surface area (Å²) in [6.07, 6.45) is 0. The SMILES string of the molecule is CC1=C(C)C(=O)N(c2ccc(C(=O)NCc3ccc(Cl)cc3Cl)cc2)C1=O. The zero-order valence-electron chi connectivity index (χ0n) is 14.7. The van der Waals surface area contributed by atoms with Gasteiger partial charge in [0.2, 0.25) is 0 Å². The Morgan fingerprint density at radius 1 is 0.963 bits per heavy atom. The molecule has 7 heteroatoms. The van der Waals surface area contributed by atoms with Crippen molar-refractivity contribution in [1.82, 2.24) is 5.32 Å². The normalized spacial score (nSPS) is 14.1. The number of anilines is 1. The summed E-state index contributed by atoms with van der Waals surface area (Å²) < 4.78 is 0. The number of hydrogen-bond acceptors (Lipinski definition) is 3. The molecule has 138 valence electrons. The highest BCUT2D eigenvalue weighted by atomic mass is 35.5. The number of rotatable bonds is 4. The molecule has 0 aromatic heterocycles. The largest absolute Gasteiger partial charge is 0.348 e. The van der Waals surface area contributed by atoms with Gasteiger partial charge in [0.1, 0.15) is 0 Å². The summed E-state index contributed by atoms with van der Waals surface area (Å²) in [5.41, 5.74) is 2.45. The summed E-state index contributed by atoms with van der Waals surface area (Å²) in [6, 6.07) is 11.3. The van der Waals surface area contributed by atoms with Crippen LogP contribution in [0.15, 0.2) is 53.6 Å². The van der Waals surface area contributed by atoms with E-state index in [0.29, 0.717) is 32.4 Å². The highest BCUT2D eigenvalue weighted by Crippen LogP contribution is 2.27. The second-order valence-corrected chi connectivity index (χ2v) is 7.00. The molecular weight excluding hydrogens is 387 g/mol. The van der Waals surface area contributed by atoms with Crippen LogP contribution in [0.2, 0.25) is 10.0 Å². The predicted molar refractivity (Wildman–Crippen MR) is 105 cm³/mol. The van der Waals surface area contributed by atoms with Crippen molar-refractivity contribution in [2.75, 3.05) is 4.90 Å². The maximum atomic E-state index is 12.3. The Balaban J connectivity index is 1.69. The smallest absolute Gasteiger partial charge is 0.261 e. The third kappa shape index (κ3) is 3.75. The van der Waals surface area contributed by atoms with Gasteiger partial charge >= 0.3 is 0 Å². The number of hydrogen-bond donors (Lipinski definition) is 1. The highest BCUT2D eigenvalue weighted by molar-refractivity contribution is 6.35. The molecule has 0 unspecified atom stereocenters. The Kier molecular flexibility index (Phi) is 5.35. The van der Waals surface area contributed by atoms with E-state index < -0.39 is 0 Å². The minimum Gasteiger partial charge on any atom is -0.348 e. The van der Waals surface area contributed by atoms with Crippen molar-refractivity contribution in [2.45, 2.75) is 20.4 Å². The topological polar surface area (TPSA) is 66.5 Å². The average Bonchev–Trinajstić information content (AvgIpc) is 2.84. The van der Waals surface area contributed by atoms with Crippen LogP contribution in [-0.2, 0) is 16.1 Å². The number of halogens is 2. The van der Waals surface area contributed by atoms with Gasteiger partial charge < -0.3 is 5.32 Å². The molecule has 0 aliphatic carbocycles. The second-order valence-electron chi connectivity index (χ2n) is 6.16. The monoisotopic (exact) mass is 402 g/mol. The quantitative estimate of drug-likeness (QED) is 0.781. The first-order valence-corrected chi connectivity index (χ1v) is 8.93. The van der Waals surface area contributed by atoms with Crippen LogP contribution in [0.25, 0.3) is 0 Å². The van der Waals surface area contributed by atoms with E-state index in [2.05, 4.69) is 5.32 Å². The van der Waals surface area contributed by atoms with E-state index in [-0.39, 0.29) is 24.3 Å². The maximum Gasteiger partial charge on any atom is 0.261 e. The number of nitrogens with one attached hydrogen (secondary N) is 1. The second kappa shape index (κ2) is 7.55. The Labute approximate surface area is 166 Å². The first-order chi connectivity index (χ1) is 12.8. The molecule has 5 nitrogen and oxygen atoms in total.